The molecule has 0 saturated carbocycles. The summed E-state index contributed by atoms with van der Waals surface area (Å²) in [6.45, 7) is -0.557. The minimum atomic E-state index is -1.83. The van der Waals surface area contributed by atoms with Crippen molar-refractivity contribution >= 4 is 11.8 Å². The van der Waals surface area contributed by atoms with E-state index in [2.05, 4.69) is 4.98 Å². The predicted octanol–water partition coefficient (Wildman–Crippen LogP) is -1.25. The maximum atomic E-state index is 13.8. The summed E-state index contributed by atoms with van der Waals surface area (Å²) in [5.41, 5.74) is 5.08. The number of imidazole rings is 1. The number of anilines is 1. The van der Waals surface area contributed by atoms with Crippen molar-refractivity contribution in [2.24, 2.45) is 0 Å². The van der Waals surface area contributed by atoms with Crippen molar-refractivity contribution in [3.05, 3.63) is 12.0 Å². The summed E-state index contributed by atoms with van der Waals surface area (Å²) in [6.07, 6.45) is -4.71. The zero-order chi connectivity index (χ0) is 13.4. The maximum absolute atomic E-state index is 13.8. The van der Waals surface area contributed by atoms with Crippen LogP contribution in [0.3, 0.4) is 0 Å². The van der Waals surface area contributed by atoms with Gasteiger partial charge in [0.1, 0.15) is 18.0 Å². The Labute approximate surface area is 100 Å². The molecule has 1 saturated heterocycles. The second-order valence-corrected chi connectivity index (χ2v) is 3.87. The number of aromatic carboxylic acids is 1. The average molecular weight is 261 g/mol. The molecular weight excluding hydrogens is 249 g/mol. The minimum absolute atomic E-state index is 0.277. The van der Waals surface area contributed by atoms with Gasteiger partial charge in [-0.05, 0) is 0 Å². The summed E-state index contributed by atoms with van der Waals surface area (Å²) in [6, 6.07) is 0. The molecule has 1 aliphatic rings. The topological polar surface area (TPSA) is 131 Å². The Morgan fingerprint density at radius 3 is 2.78 bits per heavy atom. The molecule has 100 valence electrons. The molecule has 0 unspecified atom stereocenters. The molecule has 18 heavy (non-hydrogen) atoms. The summed E-state index contributed by atoms with van der Waals surface area (Å²) in [5, 5.41) is 27.1. The third-order valence-corrected chi connectivity index (χ3v) is 2.78. The van der Waals surface area contributed by atoms with Crippen LogP contribution in [-0.2, 0) is 4.74 Å². The van der Waals surface area contributed by atoms with Gasteiger partial charge >= 0.3 is 5.97 Å². The van der Waals surface area contributed by atoms with Gasteiger partial charge in [-0.1, -0.05) is 0 Å². The Balaban J connectivity index is 2.30. The first-order valence-corrected chi connectivity index (χ1v) is 5.11. The van der Waals surface area contributed by atoms with E-state index < -0.39 is 42.9 Å². The van der Waals surface area contributed by atoms with E-state index >= 15 is 0 Å². The van der Waals surface area contributed by atoms with Crippen molar-refractivity contribution in [3.8, 4) is 0 Å². The molecule has 5 N–H and O–H groups in total. The fraction of sp³-hybridized carbons (Fsp3) is 0.556. The molecule has 2 rings (SSSR count). The van der Waals surface area contributed by atoms with Gasteiger partial charge in [0.25, 0.3) is 0 Å². The minimum Gasteiger partial charge on any atom is -0.476 e. The van der Waals surface area contributed by atoms with Gasteiger partial charge < -0.3 is 25.8 Å². The van der Waals surface area contributed by atoms with Gasteiger partial charge in [0.05, 0.1) is 12.9 Å². The number of carboxylic acids is 1. The van der Waals surface area contributed by atoms with Crippen LogP contribution >= 0.6 is 0 Å². The fourth-order valence-corrected chi connectivity index (χ4v) is 1.82. The highest BCUT2D eigenvalue weighted by molar-refractivity contribution is 5.90. The van der Waals surface area contributed by atoms with Crippen LogP contribution in [0, 0.1) is 0 Å². The van der Waals surface area contributed by atoms with Gasteiger partial charge in [-0.2, -0.15) is 0 Å². The first kappa shape index (κ1) is 12.7. The number of carboxylic acid groups (broad SMARTS) is 1. The molecule has 8 nitrogen and oxygen atoms in total. The van der Waals surface area contributed by atoms with E-state index in [1.54, 1.807) is 0 Å². The zero-order valence-corrected chi connectivity index (χ0v) is 9.10. The normalized spacial score (nSPS) is 31.7. The highest BCUT2D eigenvalue weighted by atomic mass is 19.1. The second kappa shape index (κ2) is 4.52. The Morgan fingerprint density at radius 2 is 2.33 bits per heavy atom. The molecule has 0 aromatic carbocycles. The van der Waals surface area contributed by atoms with E-state index in [1.165, 1.54) is 0 Å². The van der Waals surface area contributed by atoms with Crippen molar-refractivity contribution in [2.75, 3.05) is 12.3 Å². The lowest BCUT2D eigenvalue weighted by atomic mass is 10.1. The molecule has 9 heteroatoms. The Morgan fingerprint density at radius 1 is 1.67 bits per heavy atom. The molecule has 1 fully saturated rings. The van der Waals surface area contributed by atoms with Gasteiger partial charge in [-0.25, -0.2) is 14.2 Å². The Hall–Kier alpha value is -1.71. The predicted molar refractivity (Wildman–Crippen MR) is 55.5 cm³/mol. The van der Waals surface area contributed by atoms with Crippen LogP contribution in [-0.4, -0.2) is 55.8 Å². The van der Waals surface area contributed by atoms with Crippen molar-refractivity contribution in [1.82, 2.24) is 9.55 Å². The molecule has 1 aromatic rings. The SMILES string of the molecule is Nc1c(C(=O)O)ncn1[C@@H]1O[C@H](CO)[C@@H](O)[C@@H]1F. The van der Waals surface area contributed by atoms with Crippen molar-refractivity contribution in [3.63, 3.8) is 0 Å². The number of nitrogens with zero attached hydrogens (tertiary/aromatic N) is 2. The van der Waals surface area contributed by atoms with Crippen LogP contribution in [0.25, 0.3) is 0 Å². The smallest absolute Gasteiger partial charge is 0.358 e. The molecule has 0 radical (unpaired) electrons. The van der Waals surface area contributed by atoms with Gasteiger partial charge in [0, 0.05) is 0 Å². The molecular formula is C9H12FN3O5. The lowest BCUT2D eigenvalue weighted by molar-refractivity contribution is -0.0465. The largest absolute Gasteiger partial charge is 0.476 e. The highest BCUT2D eigenvalue weighted by Gasteiger charge is 2.45. The van der Waals surface area contributed by atoms with Crippen LogP contribution in [0.5, 0.6) is 0 Å². The van der Waals surface area contributed by atoms with E-state index in [-0.39, 0.29) is 5.82 Å². The van der Waals surface area contributed by atoms with Crippen molar-refractivity contribution in [2.45, 2.75) is 24.6 Å². The maximum Gasteiger partial charge on any atom is 0.358 e. The molecule has 4 atom stereocenters. The van der Waals surface area contributed by atoms with Gasteiger partial charge in [-0.15, -0.1) is 0 Å². The number of aliphatic hydroxyl groups excluding tert-OH is 2. The fourth-order valence-electron chi connectivity index (χ4n) is 1.82. The third-order valence-electron chi connectivity index (χ3n) is 2.78. The molecule has 0 amide bonds. The number of aliphatic hydroxyl groups is 2. The van der Waals surface area contributed by atoms with Crippen LogP contribution < -0.4 is 5.73 Å². The Bertz CT molecular complexity index is 465. The van der Waals surface area contributed by atoms with Crippen LogP contribution in [0.2, 0.25) is 0 Å². The number of hydrogen-bond donors (Lipinski definition) is 4. The molecule has 0 aliphatic carbocycles. The number of carbonyl (C=O) groups is 1. The van der Waals surface area contributed by atoms with Crippen LogP contribution in [0.4, 0.5) is 10.2 Å². The lowest BCUT2D eigenvalue weighted by Crippen LogP contribution is -2.30. The monoisotopic (exact) mass is 261 g/mol. The quantitative estimate of drug-likeness (QED) is 0.534. The molecule has 0 spiro atoms. The number of nitrogens with two attached hydrogens (primary N) is 1. The number of hydrogen-bond acceptors (Lipinski definition) is 6. The van der Waals surface area contributed by atoms with Crippen LogP contribution in [0.15, 0.2) is 6.33 Å². The molecule has 1 aromatic heterocycles. The summed E-state index contributed by atoms with van der Waals surface area (Å²) >= 11 is 0. The van der Waals surface area contributed by atoms with Crippen molar-refractivity contribution in [1.29, 1.82) is 0 Å². The summed E-state index contributed by atoms with van der Waals surface area (Å²) in [4.78, 5) is 14.3. The average Bonchev–Trinajstić information content (AvgIpc) is 2.82. The second-order valence-electron chi connectivity index (χ2n) is 3.87. The summed E-state index contributed by atoms with van der Waals surface area (Å²) in [7, 11) is 0. The number of aromatic nitrogens is 2. The third kappa shape index (κ3) is 1.82. The standard InChI is InChI=1S/C9H12FN3O5/c10-4-6(15)3(1-14)18-8(4)13-2-12-5(7(13)11)9(16)17/h2-4,6,8,14-15H,1,11H2,(H,16,17)/t3-,4+,6-,8-/m1/s1. The first-order chi connectivity index (χ1) is 8.47. The van der Waals surface area contributed by atoms with Gasteiger partial charge in [0.2, 0.25) is 0 Å². The number of rotatable bonds is 3. The molecule has 2 heterocycles. The molecule has 0 bridgehead atoms. The number of alkyl halides is 1. The van der Waals surface area contributed by atoms with E-state index in [0.29, 0.717) is 0 Å². The zero-order valence-electron chi connectivity index (χ0n) is 9.10. The van der Waals surface area contributed by atoms with Gasteiger partial charge in [-0.3, -0.25) is 4.57 Å². The van der Waals surface area contributed by atoms with Crippen LogP contribution in [0.1, 0.15) is 16.7 Å². The van der Waals surface area contributed by atoms with E-state index in [9.17, 15) is 14.3 Å². The Kier molecular flexibility index (Phi) is 3.20. The number of halogens is 1. The lowest BCUT2D eigenvalue weighted by Gasteiger charge is -2.15. The number of ether oxygens (including phenoxy) is 1. The number of nitrogen functional groups attached to an aromatic ring is 1. The summed E-state index contributed by atoms with van der Waals surface area (Å²) < 4.78 is 19.8. The summed E-state index contributed by atoms with van der Waals surface area (Å²) in [5.74, 6) is -1.63. The van der Waals surface area contributed by atoms with E-state index in [1.807, 2.05) is 0 Å². The van der Waals surface area contributed by atoms with E-state index in [4.69, 9.17) is 20.7 Å². The van der Waals surface area contributed by atoms with Crippen molar-refractivity contribution < 1.29 is 29.2 Å². The highest BCUT2D eigenvalue weighted by Crippen LogP contribution is 2.33. The van der Waals surface area contributed by atoms with E-state index in [0.717, 1.165) is 10.9 Å². The molecule has 1 aliphatic heterocycles. The van der Waals surface area contributed by atoms with Gasteiger partial charge in [0.15, 0.2) is 18.1 Å². The first-order valence-electron chi connectivity index (χ1n) is 5.11.